The van der Waals surface area contributed by atoms with Crippen LogP contribution >= 0.6 is 11.8 Å². The fraction of sp³-hybridized carbons (Fsp3) is 0.385. The van der Waals surface area contributed by atoms with Crippen molar-refractivity contribution in [2.24, 2.45) is 5.73 Å². The molecule has 2 amide bonds. The van der Waals surface area contributed by atoms with Crippen molar-refractivity contribution in [3.8, 4) is 0 Å². The van der Waals surface area contributed by atoms with Gasteiger partial charge in [0.2, 0.25) is 11.8 Å². The fourth-order valence-corrected chi connectivity index (χ4v) is 2.76. The molecule has 114 valence electrons. The molecule has 1 heterocycles. The Bertz CT molecular complexity index is 554. The summed E-state index contributed by atoms with van der Waals surface area (Å²) in [5.41, 5.74) is 5.52. The van der Waals surface area contributed by atoms with Crippen LogP contribution in [0.1, 0.15) is 0 Å². The van der Waals surface area contributed by atoms with E-state index in [4.69, 9.17) is 5.73 Å². The lowest BCUT2D eigenvalue weighted by atomic mass is 10.2. The Hall–Kier alpha value is -1.67. The molecule has 1 aromatic rings. The lowest BCUT2D eigenvalue weighted by molar-refractivity contribution is -0.124. The number of benzene rings is 1. The number of hydrogen-bond acceptors (Lipinski definition) is 4. The highest BCUT2D eigenvalue weighted by Gasteiger charge is 2.29. The molecule has 0 spiro atoms. The number of hydrogen-bond donors (Lipinski definition) is 2. The number of thioether (sulfide) groups is 1. The number of anilines is 1. The van der Waals surface area contributed by atoms with Gasteiger partial charge in [-0.2, -0.15) is 0 Å². The van der Waals surface area contributed by atoms with E-state index in [-0.39, 0.29) is 18.2 Å². The summed E-state index contributed by atoms with van der Waals surface area (Å²) in [6.07, 6.45) is 0. The lowest BCUT2D eigenvalue weighted by Gasteiger charge is -2.28. The lowest BCUT2D eigenvalue weighted by Crippen LogP contribution is -2.47. The minimum absolute atomic E-state index is 0.223. The Balaban J connectivity index is 2.02. The van der Waals surface area contributed by atoms with Crippen LogP contribution in [0.4, 0.5) is 14.5 Å². The van der Waals surface area contributed by atoms with Gasteiger partial charge in [-0.1, -0.05) is 12.1 Å². The average molecular weight is 315 g/mol. The first-order valence-corrected chi connectivity index (χ1v) is 7.28. The van der Waals surface area contributed by atoms with E-state index in [0.717, 1.165) is 4.90 Å². The van der Waals surface area contributed by atoms with Gasteiger partial charge in [0, 0.05) is 4.90 Å². The van der Waals surface area contributed by atoms with E-state index in [9.17, 15) is 18.4 Å². The molecular weight excluding hydrogens is 300 g/mol. The van der Waals surface area contributed by atoms with Gasteiger partial charge in [-0.05, 0) is 12.1 Å². The third-order valence-electron chi connectivity index (χ3n) is 2.95. The van der Waals surface area contributed by atoms with Gasteiger partial charge >= 0.3 is 0 Å². The Kier molecular flexibility index (Phi) is 4.79. The second-order valence-electron chi connectivity index (χ2n) is 4.57. The van der Waals surface area contributed by atoms with Crippen molar-refractivity contribution < 1.29 is 18.4 Å². The molecule has 5 nitrogen and oxygen atoms in total. The standard InChI is InChI=1S/C13H15F2N3O2S/c14-13(15,7-16)8-17-11(19)5-18-9-3-1-2-4-10(9)21-6-12(18)20/h1-4H,5-8,16H2,(H,17,19). The highest BCUT2D eigenvalue weighted by atomic mass is 32.2. The van der Waals surface area contributed by atoms with E-state index in [1.54, 1.807) is 12.1 Å². The number of nitrogens with two attached hydrogens (primary N) is 1. The Labute approximate surface area is 124 Å². The van der Waals surface area contributed by atoms with Gasteiger partial charge in [-0.15, -0.1) is 11.8 Å². The normalized spacial score (nSPS) is 14.8. The first-order valence-electron chi connectivity index (χ1n) is 6.30. The van der Waals surface area contributed by atoms with Crippen molar-refractivity contribution in [1.29, 1.82) is 0 Å². The van der Waals surface area contributed by atoms with Crippen LogP contribution in [0.2, 0.25) is 0 Å². The highest BCUT2D eigenvalue weighted by molar-refractivity contribution is 8.00. The molecule has 1 aliphatic rings. The number of nitrogens with one attached hydrogen (secondary N) is 1. The maximum atomic E-state index is 13.0. The summed E-state index contributed by atoms with van der Waals surface area (Å²) in [6.45, 7) is -1.95. The van der Waals surface area contributed by atoms with Crippen molar-refractivity contribution in [3.05, 3.63) is 24.3 Å². The Morgan fingerprint density at radius 3 is 2.86 bits per heavy atom. The summed E-state index contributed by atoms with van der Waals surface area (Å²) >= 11 is 1.39. The molecule has 0 radical (unpaired) electrons. The summed E-state index contributed by atoms with van der Waals surface area (Å²) in [6, 6.07) is 7.16. The van der Waals surface area contributed by atoms with Crippen LogP contribution < -0.4 is 16.0 Å². The molecule has 0 aromatic heterocycles. The number of amides is 2. The van der Waals surface area contributed by atoms with Crippen LogP contribution in [0, 0.1) is 0 Å². The molecule has 0 saturated heterocycles. The van der Waals surface area contributed by atoms with Crippen molar-refractivity contribution >= 4 is 29.3 Å². The van der Waals surface area contributed by atoms with Gasteiger partial charge in [0.05, 0.1) is 24.5 Å². The van der Waals surface area contributed by atoms with Crippen LogP contribution in [0.15, 0.2) is 29.2 Å². The van der Waals surface area contributed by atoms with Crippen molar-refractivity contribution in [2.45, 2.75) is 10.8 Å². The number of halogens is 2. The number of rotatable bonds is 5. The summed E-state index contributed by atoms with van der Waals surface area (Å²) in [7, 11) is 0. The molecule has 21 heavy (non-hydrogen) atoms. The highest BCUT2D eigenvalue weighted by Crippen LogP contribution is 2.34. The van der Waals surface area contributed by atoms with Crippen molar-refractivity contribution in [3.63, 3.8) is 0 Å². The molecule has 1 aromatic carbocycles. The molecule has 3 N–H and O–H groups in total. The van der Waals surface area contributed by atoms with Gasteiger partial charge in [-0.25, -0.2) is 8.78 Å². The smallest absolute Gasteiger partial charge is 0.277 e. The molecule has 0 saturated carbocycles. The van der Waals surface area contributed by atoms with E-state index >= 15 is 0 Å². The second kappa shape index (κ2) is 6.40. The van der Waals surface area contributed by atoms with E-state index in [1.165, 1.54) is 16.7 Å². The number of carbonyl (C=O) groups excluding carboxylic acids is 2. The van der Waals surface area contributed by atoms with Gasteiger partial charge < -0.3 is 16.0 Å². The predicted octanol–water partition coefficient (Wildman–Crippen LogP) is 0.836. The van der Waals surface area contributed by atoms with Crippen molar-refractivity contribution in [2.75, 3.05) is 30.3 Å². The Morgan fingerprint density at radius 1 is 1.43 bits per heavy atom. The quantitative estimate of drug-likeness (QED) is 0.844. The SMILES string of the molecule is NCC(F)(F)CNC(=O)CN1C(=O)CSc2ccccc21. The zero-order chi connectivity index (χ0) is 15.5. The monoisotopic (exact) mass is 315 g/mol. The number of carbonyl (C=O) groups is 2. The zero-order valence-corrected chi connectivity index (χ0v) is 12.0. The molecule has 0 aliphatic carbocycles. The van der Waals surface area contributed by atoms with Crippen LogP contribution in [-0.4, -0.2) is 43.1 Å². The molecular formula is C13H15F2N3O2S. The minimum Gasteiger partial charge on any atom is -0.348 e. The second-order valence-corrected chi connectivity index (χ2v) is 5.59. The molecule has 1 aliphatic heterocycles. The molecule has 2 rings (SSSR count). The predicted molar refractivity (Wildman–Crippen MR) is 76.5 cm³/mol. The van der Waals surface area contributed by atoms with Crippen LogP contribution in [0.5, 0.6) is 0 Å². The third kappa shape index (κ3) is 3.92. The summed E-state index contributed by atoms with van der Waals surface area (Å²) in [4.78, 5) is 25.8. The zero-order valence-electron chi connectivity index (χ0n) is 11.1. The van der Waals surface area contributed by atoms with E-state index in [2.05, 4.69) is 5.32 Å². The molecule has 0 bridgehead atoms. The first-order chi connectivity index (χ1) is 9.93. The first kappa shape index (κ1) is 15.7. The molecule has 0 fully saturated rings. The van der Waals surface area contributed by atoms with Crippen LogP contribution in [-0.2, 0) is 9.59 Å². The van der Waals surface area contributed by atoms with Gasteiger partial charge in [0.15, 0.2) is 0 Å². The maximum absolute atomic E-state index is 13.0. The van der Waals surface area contributed by atoms with E-state index < -0.39 is 24.9 Å². The largest absolute Gasteiger partial charge is 0.348 e. The van der Waals surface area contributed by atoms with Gasteiger partial charge in [-0.3, -0.25) is 9.59 Å². The fourth-order valence-electron chi connectivity index (χ4n) is 1.83. The number of nitrogens with zero attached hydrogens (tertiary/aromatic N) is 1. The van der Waals surface area contributed by atoms with Crippen LogP contribution in [0.3, 0.4) is 0 Å². The van der Waals surface area contributed by atoms with Gasteiger partial charge in [0.1, 0.15) is 6.54 Å². The number of alkyl halides is 2. The Morgan fingerprint density at radius 2 is 2.14 bits per heavy atom. The average Bonchev–Trinajstić information content (AvgIpc) is 2.48. The number of fused-ring (bicyclic) bond motifs is 1. The van der Waals surface area contributed by atoms with Crippen LogP contribution in [0.25, 0.3) is 0 Å². The summed E-state index contributed by atoms with van der Waals surface area (Å²) < 4.78 is 26.0. The molecule has 0 atom stereocenters. The topological polar surface area (TPSA) is 75.4 Å². The minimum atomic E-state index is -3.14. The summed E-state index contributed by atoms with van der Waals surface area (Å²) in [5.74, 6) is -3.78. The molecule has 8 heteroatoms. The maximum Gasteiger partial charge on any atom is 0.277 e. The number of para-hydroxylation sites is 1. The molecule has 0 unspecified atom stereocenters. The van der Waals surface area contributed by atoms with Gasteiger partial charge in [0.25, 0.3) is 5.92 Å². The van der Waals surface area contributed by atoms with E-state index in [0.29, 0.717) is 5.69 Å². The summed E-state index contributed by atoms with van der Waals surface area (Å²) in [5, 5.41) is 2.10. The third-order valence-corrected chi connectivity index (χ3v) is 4.00. The van der Waals surface area contributed by atoms with E-state index in [1.807, 2.05) is 12.1 Å². The van der Waals surface area contributed by atoms with Crippen molar-refractivity contribution in [1.82, 2.24) is 5.32 Å².